The molecule has 3 rings (SSSR count). The average molecular weight is 325 g/mol. The molecule has 0 amide bonds. The molecule has 1 saturated heterocycles. The van der Waals surface area contributed by atoms with Crippen LogP contribution in [0.1, 0.15) is 44.5 Å². The standard InChI is InChI=1S/C21H27NO2/c1-5-22-14-18(13-19(22)21(2,3)4)24-20(23)17-11-10-15-8-6-7-9-16(15)12-17/h6-12,18-19H,5,13-14H2,1-4H3. The number of nitrogens with zero attached hydrogens (tertiary/aromatic N) is 1. The minimum Gasteiger partial charge on any atom is -0.457 e. The Hall–Kier alpha value is -1.87. The Morgan fingerprint density at radius 3 is 2.50 bits per heavy atom. The van der Waals surface area contributed by atoms with Crippen molar-refractivity contribution in [1.82, 2.24) is 4.90 Å². The van der Waals surface area contributed by atoms with Crippen molar-refractivity contribution in [2.75, 3.05) is 13.1 Å². The molecule has 0 bridgehead atoms. The summed E-state index contributed by atoms with van der Waals surface area (Å²) in [6.45, 7) is 10.8. The third-order valence-electron chi connectivity index (χ3n) is 5.03. The molecule has 2 aromatic rings. The molecule has 0 spiro atoms. The summed E-state index contributed by atoms with van der Waals surface area (Å²) in [5.74, 6) is -0.212. The van der Waals surface area contributed by atoms with Gasteiger partial charge in [-0.25, -0.2) is 4.79 Å². The SMILES string of the molecule is CCN1CC(OC(=O)c2ccc3ccccc3c2)CC1C(C)(C)C. The van der Waals surface area contributed by atoms with Crippen molar-refractivity contribution in [2.45, 2.75) is 46.3 Å². The van der Waals surface area contributed by atoms with E-state index in [0.29, 0.717) is 11.6 Å². The highest BCUT2D eigenvalue weighted by Crippen LogP contribution is 2.34. The van der Waals surface area contributed by atoms with E-state index in [9.17, 15) is 4.79 Å². The first-order valence-electron chi connectivity index (χ1n) is 8.82. The normalized spacial score (nSPS) is 22.0. The molecule has 128 valence electrons. The van der Waals surface area contributed by atoms with Gasteiger partial charge in [-0.1, -0.05) is 58.0 Å². The minimum absolute atomic E-state index is 0.0202. The number of likely N-dealkylation sites (N-methyl/N-ethyl adjacent to an activating group) is 1. The number of carbonyl (C=O) groups excluding carboxylic acids is 1. The van der Waals surface area contributed by atoms with Crippen molar-refractivity contribution >= 4 is 16.7 Å². The Kier molecular flexibility index (Phi) is 4.64. The summed E-state index contributed by atoms with van der Waals surface area (Å²) in [5.41, 5.74) is 0.830. The van der Waals surface area contributed by atoms with Crippen LogP contribution in [0.25, 0.3) is 10.8 Å². The molecule has 2 unspecified atom stereocenters. The Balaban J connectivity index is 1.72. The van der Waals surface area contributed by atoms with Gasteiger partial charge < -0.3 is 4.74 Å². The monoisotopic (exact) mass is 325 g/mol. The van der Waals surface area contributed by atoms with E-state index in [0.717, 1.165) is 30.3 Å². The molecule has 3 nitrogen and oxygen atoms in total. The Bertz CT molecular complexity index is 732. The van der Waals surface area contributed by atoms with Crippen LogP contribution in [-0.2, 0) is 4.74 Å². The van der Waals surface area contributed by atoms with Gasteiger partial charge in [0.15, 0.2) is 0 Å². The highest BCUT2D eigenvalue weighted by Gasteiger charge is 2.39. The molecular formula is C21H27NO2. The number of benzene rings is 2. The fraction of sp³-hybridized carbons (Fsp3) is 0.476. The second-order valence-electron chi connectivity index (χ2n) is 7.79. The Labute approximate surface area is 144 Å². The average Bonchev–Trinajstić information content (AvgIpc) is 2.97. The predicted molar refractivity (Wildman–Crippen MR) is 98.3 cm³/mol. The van der Waals surface area contributed by atoms with Gasteiger partial charge in [0.25, 0.3) is 0 Å². The third kappa shape index (κ3) is 3.46. The molecule has 3 heteroatoms. The summed E-state index contributed by atoms with van der Waals surface area (Å²) < 4.78 is 5.82. The van der Waals surface area contributed by atoms with Crippen LogP contribution in [0.3, 0.4) is 0 Å². The van der Waals surface area contributed by atoms with E-state index in [-0.39, 0.29) is 17.5 Å². The molecule has 1 aliphatic heterocycles. The molecule has 0 saturated carbocycles. The van der Waals surface area contributed by atoms with Crippen LogP contribution in [0.2, 0.25) is 0 Å². The number of hydrogen-bond acceptors (Lipinski definition) is 3. The fourth-order valence-electron chi connectivity index (χ4n) is 3.73. The first-order valence-corrected chi connectivity index (χ1v) is 8.82. The number of carbonyl (C=O) groups is 1. The van der Waals surface area contributed by atoms with Gasteiger partial charge in [-0.15, -0.1) is 0 Å². The van der Waals surface area contributed by atoms with Crippen molar-refractivity contribution in [3.05, 3.63) is 48.0 Å². The molecule has 1 heterocycles. The number of fused-ring (bicyclic) bond motifs is 1. The zero-order chi connectivity index (χ0) is 17.3. The second kappa shape index (κ2) is 6.56. The van der Waals surface area contributed by atoms with E-state index in [1.807, 2.05) is 36.4 Å². The zero-order valence-electron chi connectivity index (χ0n) is 15.1. The van der Waals surface area contributed by atoms with Crippen molar-refractivity contribution in [3.8, 4) is 0 Å². The lowest BCUT2D eigenvalue weighted by Crippen LogP contribution is -2.39. The smallest absolute Gasteiger partial charge is 0.338 e. The Morgan fingerprint density at radius 2 is 1.88 bits per heavy atom. The summed E-state index contributed by atoms with van der Waals surface area (Å²) >= 11 is 0. The molecule has 0 aliphatic carbocycles. The van der Waals surface area contributed by atoms with E-state index < -0.39 is 0 Å². The minimum atomic E-state index is -0.212. The van der Waals surface area contributed by atoms with Crippen LogP contribution in [0, 0.1) is 5.41 Å². The van der Waals surface area contributed by atoms with Gasteiger partial charge in [0.2, 0.25) is 0 Å². The van der Waals surface area contributed by atoms with Crippen molar-refractivity contribution < 1.29 is 9.53 Å². The van der Waals surface area contributed by atoms with Crippen molar-refractivity contribution in [3.63, 3.8) is 0 Å². The van der Waals surface area contributed by atoms with Crippen LogP contribution in [0.5, 0.6) is 0 Å². The van der Waals surface area contributed by atoms with Gasteiger partial charge in [0, 0.05) is 19.0 Å². The number of esters is 1. The zero-order valence-corrected chi connectivity index (χ0v) is 15.1. The van der Waals surface area contributed by atoms with Gasteiger partial charge in [0.05, 0.1) is 5.56 Å². The molecule has 1 aliphatic rings. The molecular weight excluding hydrogens is 298 g/mol. The highest BCUT2D eigenvalue weighted by molar-refractivity contribution is 5.95. The summed E-state index contributed by atoms with van der Waals surface area (Å²) in [7, 11) is 0. The van der Waals surface area contributed by atoms with Crippen LogP contribution in [0.15, 0.2) is 42.5 Å². The lowest BCUT2D eigenvalue weighted by molar-refractivity contribution is 0.0322. The second-order valence-corrected chi connectivity index (χ2v) is 7.79. The van der Waals surface area contributed by atoms with E-state index in [1.165, 1.54) is 0 Å². The summed E-state index contributed by atoms with van der Waals surface area (Å²) in [6, 6.07) is 14.3. The molecule has 1 fully saturated rings. The van der Waals surface area contributed by atoms with Gasteiger partial charge in [-0.05, 0) is 34.9 Å². The fourth-order valence-corrected chi connectivity index (χ4v) is 3.73. The van der Waals surface area contributed by atoms with Gasteiger partial charge >= 0.3 is 5.97 Å². The van der Waals surface area contributed by atoms with E-state index in [2.05, 4.69) is 38.7 Å². The number of ether oxygens (including phenoxy) is 1. The lowest BCUT2D eigenvalue weighted by Gasteiger charge is -2.33. The van der Waals surface area contributed by atoms with Crippen LogP contribution in [-0.4, -0.2) is 36.1 Å². The highest BCUT2D eigenvalue weighted by atomic mass is 16.5. The largest absolute Gasteiger partial charge is 0.457 e. The van der Waals surface area contributed by atoms with Crippen molar-refractivity contribution in [1.29, 1.82) is 0 Å². The number of hydrogen-bond donors (Lipinski definition) is 0. The summed E-state index contributed by atoms with van der Waals surface area (Å²) in [4.78, 5) is 15.0. The molecule has 2 atom stereocenters. The maximum Gasteiger partial charge on any atom is 0.338 e. The third-order valence-corrected chi connectivity index (χ3v) is 5.03. The van der Waals surface area contributed by atoms with Crippen molar-refractivity contribution in [2.24, 2.45) is 5.41 Å². The Morgan fingerprint density at radius 1 is 1.17 bits per heavy atom. The van der Waals surface area contributed by atoms with Gasteiger partial charge in [0.1, 0.15) is 6.10 Å². The van der Waals surface area contributed by atoms with Gasteiger partial charge in [-0.3, -0.25) is 4.90 Å². The quantitative estimate of drug-likeness (QED) is 0.778. The summed E-state index contributed by atoms with van der Waals surface area (Å²) in [5, 5.41) is 2.21. The molecule has 0 aromatic heterocycles. The predicted octanol–water partition coefficient (Wildman–Crippen LogP) is 4.51. The number of likely N-dealkylation sites (tertiary alicyclic amines) is 1. The van der Waals surface area contributed by atoms with Crippen LogP contribution in [0.4, 0.5) is 0 Å². The van der Waals surface area contributed by atoms with Gasteiger partial charge in [-0.2, -0.15) is 0 Å². The molecule has 2 aromatic carbocycles. The first kappa shape index (κ1) is 17.0. The maximum atomic E-state index is 12.6. The molecule has 0 radical (unpaired) electrons. The number of rotatable bonds is 3. The molecule has 0 N–H and O–H groups in total. The molecule has 24 heavy (non-hydrogen) atoms. The van der Waals surface area contributed by atoms with E-state index in [4.69, 9.17) is 4.74 Å². The van der Waals surface area contributed by atoms with E-state index >= 15 is 0 Å². The lowest BCUT2D eigenvalue weighted by atomic mass is 9.85. The maximum absolute atomic E-state index is 12.6. The van der Waals surface area contributed by atoms with E-state index in [1.54, 1.807) is 0 Å². The first-order chi connectivity index (χ1) is 11.4. The van der Waals surface area contributed by atoms with Crippen LogP contribution >= 0.6 is 0 Å². The topological polar surface area (TPSA) is 29.5 Å². The van der Waals surface area contributed by atoms with Crippen LogP contribution < -0.4 is 0 Å². The summed E-state index contributed by atoms with van der Waals surface area (Å²) in [6.07, 6.45) is 0.893.